The van der Waals surface area contributed by atoms with Gasteiger partial charge in [-0.25, -0.2) is 0 Å². The molecule has 0 radical (unpaired) electrons. The van der Waals surface area contributed by atoms with Crippen LogP contribution in [-0.4, -0.2) is 44.7 Å². The number of hydrogen-bond acceptors (Lipinski definition) is 3. The van der Waals surface area contributed by atoms with Crippen LogP contribution in [0.5, 0.6) is 0 Å². The average Bonchev–Trinajstić information content (AvgIpc) is 2.43. The average molecular weight is 301 g/mol. The Labute approximate surface area is 127 Å². The maximum atomic E-state index is 12.0. The zero-order valence-corrected chi connectivity index (χ0v) is 13.1. The lowest BCUT2D eigenvalue weighted by Crippen LogP contribution is -2.37. The van der Waals surface area contributed by atoms with E-state index < -0.39 is 0 Å². The van der Waals surface area contributed by atoms with Crippen molar-refractivity contribution in [1.29, 1.82) is 0 Å². The van der Waals surface area contributed by atoms with E-state index in [-0.39, 0.29) is 18.3 Å². The number of nitrogens with one attached hydrogen (secondary N) is 1. The Bertz CT molecular complexity index is 360. The lowest BCUT2D eigenvalue weighted by Gasteiger charge is -2.23. The maximum absolute atomic E-state index is 12.0. The molecular weight excluding hydrogens is 276 g/mol. The second kappa shape index (κ2) is 11.7. The van der Waals surface area contributed by atoms with E-state index in [1.54, 1.807) is 14.2 Å². The molecule has 0 aliphatic rings. The molecule has 5 heteroatoms. The Balaban J connectivity index is 0.00000361. The molecule has 1 rings (SSSR count). The van der Waals surface area contributed by atoms with E-state index in [0.29, 0.717) is 13.1 Å². The Morgan fingerprint density at radius 1 is 1.25 bits per heavy atom. The Morgan fingerprint density at radius 2 is 1.95 bits per heavy atom. The van der Waals surface area contributed by atoms with Crippen LogP contribution in [0.4, 0.5) is 0 Å². The van der Waals surface area contributed by atoms with Crippen LogP contribution in [0.15, 0.2) is 30.3 Å². The highest BCUT2D eigenvalue weighted by Crippen LogP contribution is 2.06. The number of halogens is 1. The molecule has 0 aliphatic carbocycles. The van der Waals surface area contributed by atoms with E-state index in [1.165, 1.54) is 5.56 Å². The lowest BCUT2D eigenvalue weighted by molar-refractivity contribution is -0.130. The van der Waals surface area contributed by atoms with Crippen LogP contribution in [0.3, 0.4) is 0 Å². The SMILES string of the molecule is CNCC(=O)N(CCCCOC)Cc1ccccc1.Cl. The highest BCUT2D eigenvalue weighted by Gasteiger charge is 2.12. The van der Waals surface area contributed by atoms with E-state index in [1.807, 2.05) is 23.1 Å². The molecule has 0 saturated heterocycles. The summed E-state index contributed by atoms with van der Waals surface area (Å²) in [5.41, 5.74) is 1.17. The number of carbonyl (C=O) groups is 1. The molecule has 0 atom stereocenters. The first-order chi connectivity index (χ1) is 9.27. The van der Waals surface area contributed by atoms with E-state index in [4.69, 9.17) is 4.74 Å². The third-order valence-corrected chi connectivity index (χ3v) is 2.92. The number of unbranched alkanes of at least 4 members (excludes halogenated alkanes) is 1. The number of amides is 1. The minimum atomic E-state index is 0. The third-order valence-electron chi connectivity index (χ3n) is 2.92. The molecule has 4 nitrogen and oxygen atoms in total. The Morgan fingerprint density at radius 3 is 2.55 bits per heavy atom. The standard InChI is InChI=1S/C15H24N2O2.ClH/c1-16-12-15(18)17(10-6-7-11-19-2)13-14-8-4-3-5-9-14;/h3-5,8-9,16H,6-7,10-13H2,1-2H3;1H. The number of nitrogens with zero attached hydrogens (tertiary/aromatic N) is 1. The first-order valence-corrected chi connectivity index (χ1v) is 6.73. The van der Waals surface area contributed by atoms with Gasteiger partial charge in [0.05, 0.1) is 6.54 Å². The summed E-state index contributed by atoms with van der Waals surface area (Å²) in [5.74, 6) is 0.142. The minimum Gasteiger partial charge on any atom is -0.385 e. The zero-order valence-electron chi connectivity index (χ0n) is 12.3. The maximum Gasteiger partial charge on any atom is 0.236 e. The van der Waals surface area contributed by atoms with Gasteiger partial charge in [-0.05, 0) is 25.5 Å². The van der Waals surface area contributed by atoms with E-state index >= 15 is 0 Å². The molecule has 1 aromatic rings. The van der Waals surface area contributed by atoms with Crippen LogP contribution in [0, 0.1) is 0 Å². The predicted octanol–water partition coefficient (Wildman–Crippen LogP) is 2.08. The van der Waals surface area contributed by atoms with Crippen LogP contribution >= 0.6 is 12.4 Å². The molecule has 0 heterocycles. The molecular formula is C15H25ClN2O2. The minimum absolute atomic E-state index is 0. The van der Waals surface area contributed by atoms with Gasteiger partial charge in [-0.3, -0.25) is 4.79 Å². The van der Waals surface area contributed by atoms with Crippen LogP contribution in [0.25, 0.3) is 0 Å². The molecule has 0 unspecified atom stereocenters. The molecule has 0 aliphatic heterocycles. The summed E-state index contributed by atoms with van der Waals surface area (Å²) in [6.45, 7) is 2.59. The normalized spacial score (nSPS) is 9.90. The van der Waals surface area contributed by atoms with E-state index in [9.17, 15) is 4.79 Å². The van der Waals surface area contributed by atoms with Crippen molar-refractivity contribution in [3.63, 3.8) is 0 Å². The van der Waals surface area contributed by atoms with Crippen molar-refractivity contribution < 1.29 is 9.53 Å². The van der Waals surface area contributed by atoms with Crippen molar-refractivity contribution in [3.8, 4) is 0 Å². The predicted molar refractivity (Wildman–Crippen MR) is 84.1 cm³/mol. The lowest BCUT2D eigenvalue weighted by atomic mass is 10.2. The van der Waals surface area contributed by atoms with Gasteiger partial charge in [0, 0.05) is 26.8 Å². The van der Waals surface area contributed by atoms with Crippen LogP contribution < -0.4 is 5.32 Å². The summed E-state index contributed by atoms with van der Waals surface area (Å²) >= 11 is 0. The second-order valence-electron chi connectivity index (χ2n) is 4.53. The van der Waals surface area contributed by atoms with Gasteiger partial charge >= 0.3 is 0 Å². The molecule has 1 aromatic carbocycles. The highest BCUT2D eigenvalue weighted by molar-refractivity contribution is 5.85. The van der Waals surface area contributed by atoms with Crippen molar-refractivity contribution >= 4 is 18.3 Å². The topological polar surface area (TPSA) is 41.6 Å². The smallest absolute Gasteiger partial charge is 0.236 e. The van der Waals surface area contributed by atoms with Crippen molar-refractivity contribution in [2.24, 2.45) is 0 Å². The quantitative estimate of drug-likeness (QED) is 0.710. The van der Waals surface area contributed by atoms with E-state index in [0.717, 1.165) is 26.0 Å². The molecule has 1 amide bonds. The van der Waals surface area contributed by atoms with Crippen LogP contribution in [0.2, 0.25) is 0 Å². The van der Waals surface area contributed by atoms with Crippen molar-refractivity contribution in [1.82, 2.24) is 10.2 Å². The van der Waals surface area contributed by atoms with Crippen molar-refractivity contribution in [2.75, 3.05) is 33.9 Å². The van der Waals surface area contributed by atoms with Gasteiger partial charge in [-0.2, -0.15) is 0 Å². The van der Waals surface area contributed by atoms with Gasteiger partial charge in [-0.1, -0.05) is 30.3 Å². The Hall–Kier alpha value is -1.10. The molecule has 114 valence electrons. The van der Waals surface area contributed by atoms with Crippen molar-refractivity contribution in [2.45, 2.75) is 19.4 Å². The van der Waals surface area contributed by atoms with Gasteiger partial charge in [0.15, 0.2) is 0 Å². The number of methoxy groups -OCH3 is 1. The molecule has 20 heavy (non-hydrogen) atoms. The zero-order chi connectivity index (χ0) is 13.9. The fourth-order valence-corrected chi connectivity index (χ4v) is 1.91. The largest absolute Gasteiger partial charge is 0.385 e. The van der Waals surface area contributed by atoms with Gasteiger partial charge in [0.25, 0.3) is 0 Å². The summed E-state index contributed by atoms with van der Waals surface area (Å²) in [6.07, 6.45) is 1.95. The summed E-state index contributed by atoms with van der Waals surface area (Å²) in [5, 5.41) is 2.92. The molecule has 0 fully saturated rings. The Kier molecular flexibility index (Phi) is 11.1. The monoisotopic (exact) mass is 300 g/mol. The summed E-state index contributed by atoms with van der Waals surface area (Å²) in [4.78, 5) is 13.9. The van der Waals surface area contributed by atoms with Crippen molar-refractivity contribution in [3.05, 3.63) is 35.9 Å². The number of ether oxygens (including phenoxy) is 1. The number of rotatable bonds is 9. The van der Waals surface area contributed by atoms with Crippen LogP contribution in [0.1, 0.15) is 18.4 Å². The first kappa shape index (κ1) is 18.9. The number of carbonyl (C=O) groups excluding carboxylic acids is 1. The molecule has 1 N–H and O–H groups in total. The fourth-order valence-electron chi connectivity index (χ4n) is 1.91. The third kappa shape index (κ3) is 7.48. The first-order valence-electron chi connectivity index (χ1n) is 6.73. The molecule has 0 aromatic heterocycles. The number of hydrogen-bond donors (Lipinski definition) is 1. The van der Waals surface area contributed by atoms with Gasteiger partial charge < -0.3 is 15.0 Å². The molecule has 0 spiro atoms. The number of benzene rings is 1. The molecule has 0 saturated carbocycles. The fraction of sp³-hybridized carbons (Fsp3) is 0.533. The summed E-state index contributed by atoms with van der Waals surface area (Å²) < 4.78 is 5.03. The molecule has 0 bridgehead atoms. The van der Waals surface area contributed by atoms with Gasteiger partial charge in [-0.15, -0.1) is 12.4 Å². The second-order valence-corrected chi connectivity index (χ2v) is 4.53. The van der Waals surface area contributed by atoms with Crippen LogP contribution in [-0.2, 0) is 16.1 Å². The van der Waals surface area contributed by atoms with Gasteiger partial charge in [0.1, 0.15) is 0 Å². The van der Waals surface area contributed by atoms with Gasteiger partial charge in [0.2, 0.25) is 5.91 Å². The highest BCUT2D eigenvalue weighted by atomic mass is 35.5. The summed E-state index contributed by atoms with van der Waals surface area (Å²) in [7, 11) is 3.50. The van der Waals surface area contributed by atoms with E-state index in [2.05, 4.69) is 17.4 Å². The summed E-state index contributed by atoms with van der Waals surface area (Å²) in [6, 6.07) is 10.1. The number of likely N-dealkylation sites (N-methyl/N-ethyl adjacent to an activating group) is 1.